The number of nitrogens with zero attached hydrogens (tertiary/aromatic N) is 1. The van der Waals surface area contributed by atoms with Crippen LogP contribution in [0.4, 0.5) is 15.9 Å². The molecule has 18 heavy (non-hydrogen) atoms. The summed E-state index contributed by atoms with van der Waals surface area (Å²) in [6.45, 7) is 0.355. The van der Waals surface area contributed by atoms with E-state index in [0.29, 0.717) is 18.1 Å². The molecule has 0 fully saturated rings. The molecule has 0 spiro atoms. The van der Waals surface area contributed by atoms with Gasteiger partial charge in [-0.25, -0.2) is 4.39 Å². The predicted octanol–water partition coefficient (Wildman–Crippen LogP) is 0.842. The van der Waals surface area contributed by atoms with Crippen molar-refractivity contribution >= 4 is 17.4 Å². The van der Waals surface area contributed by atoms with Crippen molar-refractivity contribution in [2.24, 2.45) is 5.73 Å². The van der Waals surface area contributed by atoms with Crippen LogP contribution < -0.4 is 16.8 Å². The summed E-state index contributed by atoms with van der Waals surface area (Å²) in [4.78, 5) is 11.2. The molecule has 6 N–H and O–H groups in total. The monoisotopic (exact) mass is 249 g/mol. The molecule has 2 aromatic rings. The molecule has 0 saturated heterocycles. The summed E-state index contributed by atoms with van der Waals surface area (Å²) in [5, 5.41) is 9.31. The molecule has 0 atom stereocenters. The Balaban J connectivity index is 2.19. The fourth-order valence-electron chi connectivity index (χ4n) is 1.53. The topological polar surface area (TPSA) is 110 Å². The van der Waals surface area contributed by atoms with E-state index >= 15 is 0 Å². The third-order valence-corrected chi connectivity index (χ3v) is 2.47. The Hall–Kier alpha value is -2.57. The average Bonchev–Trinajstić information content (AvgIpc) is 2.73. The van der Waals surface area contributed by atoms with Gasteiger partial charge in [-0.15, -0.1) is 0 Å². The van der Waals surface area contributed by atoms with Crippen molar-refractivity contribution in [1.29, 1.82) is 0 Å². The summed E-state index contributed by atoms with van der Waals surface area (Å²) < 4.78 is 13.0. The molecule has 2 rings (SSSR count). The van der Waals surface area contributed by atoms with E-state index in [4.69, 9.17) is 11.5 Å². The maximum atomic E-state index is 13.0. The van der Waals surface area contributed by atoms with Gasteiger partial charge >= 0.3 is 0 Å². The molecule has 6 nitrogen and oxygen atoms in total. The zero-order valence-electron chi connectivity index (χ0n) is 9.40. The molecule has 1 amide bonds. The molecule has 7 heteroatoms. The first kappa shape index (κ1) is 11.9. The highest BCUT2D eigenvalue weighted by Gasteiger charge is 2.10. The third kappa shape index (κ3) is 2.40. The normalized spacial score (nSPS) is 10.3. The predicted molar refractivity (Wildman–Crippen MR) is 65.2 cm³/mol. The zero-order chi connectivity index (χ0) is 13.1. The van der Waals surface area contributed by atoms with Crippen LogP contribution in [-0.4, -0.2) is 16.1 Å². The second-order valence-electron chi connectivity index (χ2n) is 3.72. The molecule has 0 aliphatic rings. The number of aromatic nitrogens is 2. The van der Waals surface area contributed by atoms with Crippen LogP contribution in [0.1, 0.15) is 15.9 Å². The van der Waals surface area contributed by atoms with Gasteiger partial charge in [0.1, 0.15) is 11.6 Å². The van der Waals surface area contributed by atoms with Crippen molar-refractivity contribution in [3.05, 3.63) is 41.3 Å². The molecule has 1 heterocycles. The number of nitrogens with one attached hydrogen (secondary N) is 2. The number of hydrogen-bond acceptors (Lipinski definition) is 4. The fourth-order valence-corrected chi connectivity index (χ4v) is 1.53. The minimum Gasteiger partial charge on any atom is -0.384 e. The van der Waals surface area contributed by atoms with Crippen LogP contribution in [0.25, 0.3) is 0 Å². The minimum atomic E-state index is -0.697. The van der Waals surface area contributed by atoms with E-state index in [0.717, 1.165) is 11.6 Å². The number of nitrogens with two attached hydrogens (primary N) is 2. The smallest absolute Gasteiger partial charge is 0.250 e. The lowest BCUT2D eigenvalue weighted by molar-refractivity contribution is 0.100. The summed E-state index contributed by atoms with van der Waals surface area (Å²) in [7, 11) is 0. The van der Waals surface area contributed by atoms with Crippen molar-refractivity contribution in [1.82, 2.24) is 10.2 Å². The number of aromatic amines is 1. The Morgan fingerprint density at radius 3 is 2.89 bits per heavy atom. The quantitative estimate of drug-likeness (QED) is 0.643. The number of benzene rings is 1. The Kier molecular flexibility index (Phi) is 3.13. The first-order chi connectivity index (χ1) is 8.58. The average molecular weight is 249 g/mol. The number of H-pyrrole nitrogens is 1. The van der Waals surface area contributed by atoms with Gasteiger partial charge in [-0.2, -0.15) is 5.10 Å². The van der Waals surface area contributed by atoms with Gasteiger partial charge in [0.25, 0.3) is 5.91 Å². The number of anilines is 2. The molecule has 0 aliphatic heterocycles. The van der Waals surface area contributed by atoms with Crippen molar-refractivity contribution < 1.29 is 9.18 Å². The number of halogens is 1. The number of primary amides is 1. The number of amides is 1. The van der Waals surface area contributed by atoms with Crippen LogP contribution in [-0.2, 0) is 6.54 Å². The highest BCUT2D eigenvalue weighted by molar-refractivity contribution is 5.98. The summed E-state index contributed by atoms with van der Waals surface area (Å²) in [6.07, 6.45) is 1.57. The van der Waals surface area contributed by atoms with E-state index in [1.807, 2.05) is 0 Å². The summed E-state index contributed by atoms with van der Waals surface area (Å²) in [5.41, 5.74) is 12.1. The maximum absolute atomic E-state index is 13.0. The fraction of sp³-hybridized carbons (Fsp3) is 0.0909. The molecule has 0 aliphatic carbocycles. The lowest BCUT2D eigenvalue weighted by atomic mass is 10.1. The molecule has 0 saturated carbocycles. The van der Waals surface area contributed by atoms with Gasteiger partial charge in [-0.3, -0.25) is 9.89 Å². The van der Waals surface area contributed by atoms with Gasteiger partial charge in [0.15, 0.2) is 0 Å². The first-order valence-electron chi connectivity index (χ1n) is 5.19. The molecule has 94 valence electrons. The van der Waals surface area contributed by atoms with Crippen LogP contribution >= 0.6 is 0 Å². The van der Waals surface area contributed by atoms with Gasteiger partial charge in [0, 0.05) is 17.8 Å². The third-order valence-electron chi connectivity index (χ3n) is 2.47. The van der Waals surface area contributed by atoms with Crippen LogP contribution in [0, 0.1) is 5.82 Å². The van der Waals surface area contributed by atoms with Crippen LogP contribution in [0.5, 0.6) is 0 Å². The van der Waals surface area contributed by atoms with Crippen molar-refractivity contribution in [3.8, 4) is 0 Å². The van der Waals surface area contributed by atoms with E-state index < -0.39 is 11.7 Å². The Morgan fingerprint density at radius 1 is 1.50 bits per heavy atom. The second-order valence-corrected chi connectivity index (χ2v) is 3.72. The van der Waals surface area contributed by atoms with Crippen LogP contribution in [0.2, 0.25) is 0 Å². The van der Waals surface area contributed by atoms with Crippen LogP contribution in [0.3, 0.4) is 0 Å². The summed E-state index contributed by atoms with van der Waals surface area (Å²) in [5.74, 6) is -0.778. The Labute approximate surface area is 102 Å². The first-order valence-corrected chi connectivity index (χ1v) is 5.19. The molecule has 0 bridgehead atoms. The van der Waals surface area contributed by atoms with E-state index in [1.54, 1.807) is 6.20 Å². The highest BCUT2D eigenvalue weighted by Crippen LogP contribution is 2.18. The van der Waals surface area contributed by atoms with Crippen molar-refractivity contribution in [3.63, 3.8) is 0 Å². The van der Waals surface area contributed by atoms with E-state index in [-0.39, 0.29) is 5.56 Å². The molecular weight excluding hydrogens is 237 g/mol. The molecule has 0 radical (unpaired) electrons. The van der Waals surface area contributed by atoms with Crippen molar-refractivity contribution in [2.45, 2.75) is 6.54 Å². The molecule has 1 aromatic carbocycles. The number of carbonyl (C=O) groups excluding carboxylic acids is 1. The SMILES string of the molecule is NC(=O)c1cc(F)ccc1NCc1cn[nH]c1N. The van der Waals surface area contributed by atoms with Gasteiger partial charge in [-0.1, -0.05) is 0 Å². The second kappa shape index (κ2) is 4.74. The van der Waals surface area contributed by atoms with Gasteiger partial charge < -0.3 is 16.8 Å². The Morgan fingerprint density at radius 2 is 2.28 bits per heavy atom. The van der Waals surface area contributed by atoms with Gasteiger partial charge in [-0.05, 0) is 18.2 Å². The molecular formula is C11H12FN5O. The molecule has 1 aromatic heterocycles. The lowest BCUT2D eigenvalue weighted by Gasteiger charge is -2.09. The summed E-state index contributed by atoms with van der Waals surface area (Å²) in [6, 6.07) is 3.78. The molecule has 0 unspecified atom stereocenters. The maximum Gasteiger partial charge on any atom is 0.250 e. The summed E-state index contributed by atoms with van der Waals surface area (Å²) >= 11 is 0. The van der Waals surface area contributed by atoms with E-state index in [1.165, 1.54) is 12.1 Å². The van der Waals surface area contributed by atoms with E-state index in [9.17, 15) is 9.18 Å². The van der Waals surface area contributed by atoms with Gasteiger partial charge in [0.05, 0.1) is 11.8 Å². The Bertz CT molecular complexity index is 581. The number of hydrogen-bond donors (Lipinski definition) is 4. The number of nitrogen functional groups attached to an aromatic ring is 1. The van der Waals surface area contributed by atoms with Crippen molar-refractivity contribution in [2.75, 3.05) is 11.1 Å². The highest BCUT2D eigenvalue weighted by atomic mass is 19.1. The van der Waals surface area contributed by atoms with E-state index in [2.05, 4.69) is 15.5 Å². The lowest BCUT2D eigenvalue weighted by Crippen LogP contribution is -2.15. The largest absolute Gasteiger partial charge is 0.384 e. The zero-order valence-corrected chi connectivity index (χ0v) is 9.40. The standard InChI is InChI=1S/C11H12FN5O/c12-7-1-2-9(8(3-7)11(14)18)15-4-6-5-16-17-10(6)13/h1-3,5,15H,4H2,(H2,14,18)(H3,13,16,17). The number of carbonyl (C=O) groups is 1. The van der Waals surface area contributed by atoms with Crippen LogP contribution in [0.15, 0.2) is 24.4 Å². The van der Waals surface area contributed by atoms with Gasteiger partial charge in [0.2, 0.25) is 0 Å². The number of rotatable bonds is 4. The minimum absolute atomic E-state index is 0.0945.